The van der Waals surface area contributed by atoms with Crippen LogP contribution in [0.25, 0.3) is 11.3 Å². The van der Waals surface area contributed by atoms with Gasteiger partial charge in [0.05, 0.1) is 41.0 Å². The van der Waals surface area contributed by atoms with Crippen molar-refractivity contribution < 1.29 is 22.8 Å². The molecule has 220 valence electrons. The Bertz CT molecular complexity index is 1800. The first kappa shape index (κ1) is 27.5. The molecule has 4 heterocycles. The first-order chi connectivity index (χ1) is 20.7. The fraction of sp³-hybridized carbons (Fsp3) is 0.333. The Hall–Kier alpha value is -4.32. The van der Waals surface area contributed by atoms with Gasteiger partial charge in [-0.25, -0.2) is 23.1 Å². The second kappa shape index (κ2) is 10.4. The number of nitrogens with one attached hydrogen (secondary N) is 1. The van der Waals surface area contributed by atoms with Crippen LogP contribution in [0.2, 0.25) is 5.02 Å². The monoisotopic (exact) mass is 607 g/mol. The summed E-state index contributed by atoms with van der Waals surface area (Å²) in [5.41, 5.74) is 2.13. The summed E-state index contributed by atoms with van der Waals surface area (Å²) in [7, 11) is 0. The number of anilines is 2. The number of hydrogen-bond donors (Lipinski definition) is 1. The standard InChI is InChI=1S/C30H25ClF3N7O2/c1-14(21-9-36-28(18-4-2-3-17(18)21)40-12-15-7-20(15)30(40)43)41-13-16(8-37-41)38-29(42)24-11-35-10-23(39-24)25-19(27(33)34)5-6-22(31)26(25)32/h5-6,8-11,13-15,20,27H,2-4,7,12H2,1H3,(H,38,42)/t14?,15-,20-/m1/s1. The highest BCUT2D eigenvalue weighted by Gasteiger charge is 2.53. The fourth-order valence-corrected chi connectivity index (χ4v) is 6.37. The molecule has 3 aromatic heterocycles. The van der Waals surface area contributed by atoms with Crippen molar-refractivity contribution in [3.63, 3.8) is 0 Å². The van der Waals surface area contributed by atoms with Gasteiger partial charge in [-0.05, 0) is 61.3 Å². The van der Waals surface area contributed by atoms with E-state index < -0.39 is 29.3 Å². The zero-order valence-corrected chi connectivity index (χ0v) is 23.7. The van der Waals surface area contributed by atoms with E-state index in [-0.39, 0.29) is 34.3 Å². The smallest absolute Gasteiger partial charge is 0.275 e. The van der Waals surface area contributed by atoms with Gasteiger partial charge in [0.2, 0.25) is 5.91 Å². The number of pyridine rings is 1. The number of carbonyl (C=O) groups excluding carboxylic acids is 2. The average molecular weight is 608 g/mol. The average Bonchev–Trinajstić information content (AvgIpc) is 3.29. The van der Waals surface area contributed by atoms with Crippen LogP contribution in [0.5, 0.6) is 0 Å². The summed E-state index contributed by atoms with van der Waals surface area (Å²) in [4.78, 5) is 40.4. The van der Waals surface area contributed by atoms with Crippen LogP contribution in [-0.2, 0) is 17.6 Å². The maximum atomic E-state index is 14.8. The molecule has 2 amide bonds. The Morgan fingerprint density at radius 2 is 1.93 bits per heavy atom. The number of hydrogen-bond acceptors (Lipinski definition) is 6. The Morgan fingerprint density at radius 1 is 1.12 bits per heavy atom. The number of aromatic nitrogens is 5. The largest absolute Gasteiger partial charge is 0.318 e. The van der Waals surface area contributed by atoms with E-state index in [0.717, 1.165) is 73.7 Å². The lowest BCUT2D eigenvalue weighted by atomic mass is 10.0. The minimum Gasteiger partial charge on any atom is -0.318 e. The highest BCUT2D eigenvalue weighted by molar-refractivity contribution is 6.31. The molecule has 1 saturated carbocycles. The summed E-state index contributed by atoms with van der Waals surface area (Å²) in [6, 6.07) is 1.85. The van der Waals surface area contributed by atoms with Gasteiger partial charge in [0.15, 0.2) is 5.82 Å². The van der Waals surface area contributed by atoms with Crippen molar-refractivity contribution in [3.05, 3.63) is 81.9 Å². The van der Waals surface area contributed by atoms with Gasteiger partial charge in [-0.3, -0.25) is 24.2 Å². The van der Waals surface area contributed by atoms with Crippen molar-refractivity contribution in [1.82, 2.24) is 24.7 Å². The van der Waals surface area contributed by atoms with Gasteiger partial charge < -0.3 is 5.32 Å². The van der Waals surface area contributed by atoms with Crippen molar-refractivity contribution in [1.29, 1.82) is 0 Å². The van der Waals surface area contributed by atoms with Crippen molar-refractivity contribution in [2.45, 2.75) is 45.1 Å². The van der Waals surface area contributed by atoms with E-state index >= 15 is 0 Å². The summed E-state index contributed by atoms with van der Waals surface area (Å²) in [5.74, 6) is -0.152. The van der Waals surface area contributed by atoms with Crippen LogP contribution >= 0.6 is 11.6 Å². The van der Waals surface area contributed by atoms with Gasteiger partial charge in [0.25, 0.3) is 12.3 Å². The number of alkyl halides is 2. The number of rotatable bonds is 7. The molecule has 0 bridgehead atoms. The molecule has 3 atom stereocenters. The molecule has 1 N–H and O–H groups in total. The highest BCUT2D eigenvalue weighted by atomic mass is 35.5. The number of nitrogens with zero attached hydrogens (tertiary/aromatic N) is 6. The van der Waals surface area contributed by atoms with Crippen LogP contribution in [-0.4, -0.2) is 43.1 Å². The van der Waals surface area contributed by atoms with E-state index in [9.17, 15) is 22.8 Å². The van der Waals surface area contributed by atoms with Crippen LogP contribution in [0.15, 0.2) is 43.1 Å². The van der Waals surface area contributed by atoms with E-state index in [0.29, 0.717) is 11.6 Å². The molecule has 3 aliphatic rings. The van der Waals surface area contributed by atoms with E-state index in [1.165, 1.54) is 11.8 Å². The molecule has 0 spiro atoms. The van der Waals surface area contributed by atoms with Gasteiger partial charge in [0.1, 0.15) is 11.5 Å². The zero-order valence-electron chi connectivity index (χ0n) is 22.9. The van der Waals surface area contributed by atoms with Crippen LogP contribution in [0.1, 0.15) is 65.0 Å². The third kappa shape index (κ3) is 4.73. The minimum absolute atomic E-state index is 0.164. The SMILES string of the molecule is CC(c1cnc(N2C[C@H]3C[C@H]3C2=O)c2c1CCC2)n1cc(NC(=O)c2cncc(-c3c(C(F)F)ccc(Cl)c3F)n2)cn1. The summed E-state index contributed by atoms with van der Waals surface area (Å²) in [6.07, 6.45) is 7.96. The second-order valence-corrected chi connectivity index (χ2v) is 11.6. The molecule has 1 aliphatic heterocycles. The Balaban J connectivity index is 1.11. The van der Waals surface area contributed by atoms with Gasteiger partial charge in [0, 0.05) is 36.0 Å². The summed E-state index contributed by atoms with van der Waals surface area (Å²) in [5, 5.41) is 6.77. The molecule has 1 saturated heterocycles. The Morgan fingerprint density at radius 3 is 2.70 bits per heavy atom. The van der Waals surface area contributed by atoms with Crippen LogP contribution in [0, 0.1) is 17.7 Å². The molecular weight excluding hydrogens is 583 g/mol. The topological polar surface area (TPSA) is 106 Å². The first-order valence-corrected chi connectivity index (χ1v) is 14.3. The zero-order chi connectivity index (χ0) is 30.0. The normalized spacial score (nSPS) is 19.5. The second-order valence-electron chi connectivity index (χ2n) is 11.2. The molecule has 13 heteroatoms. The maximum absolute atomic E-state index is 14.8. The molecule has 1 aromatic carbocycles. The van der Waals surface area contributed by atoms with Crippen LogP contribution in [0.3, 0.4) is 0 Å². The number of fused-ring (bicyclic) bond motifs is 2. The van der Waals surface area contributed by atoms with Crippen molar-refractivity contribution in [2.75, 3.05) is 16.8 Å². The summed E-state index contributed by atoms with van der Waals surface area (Å²) < 4.78 is 43.6. The van der Waals surface area contributed by atoms with Gasteiger partial charge in [-0.15, -0.1) is 0 Å². The van der Waals surface area contributed by atoms with Gasteiger partial charge >= 0.3 is 0 Å². The molecule has 9 nitrogen and oxygen atoms in total. The lowest BCUT2D eigenvalue weighted by Crippen LogP contribution is -2.30. The molecule has 0 radical (unpaired) electrons. The van der Waals surface area contributed by atoms with E-state index in [1.54, 1.807) is 10.9 Å². The number of benzene rings is 1. The maximum Gasteiger partial charge on any atom is 0.275 e. The quantitative estimate of drug-likeness (QED) is 0.285. The number of piperidine rings is 1. The van der Waals surface area contributed by atoms with E-state index in [4.69, 9.17) is 16.6 Å². The van der Waals surface area contributed by atoms with Crippen molar-refractivity contribution in [2.24, 2.45) is 11.8 Å². The molecule has 7 rings (SSSR count). The number of halogens is 4. The van der Waals surface area contributed by atoms with Crippen LogP contribution in [0.4, 0.5) is 24.7 Å². The third-order valence-electron chi connectivity index (χ3n) is 8.53. The molecule has 4 aromatic rings. The summed E-state index contributed by atoms with van der Waals surface area (Å²) >= 11 is 5.83. The molecular formula is C30H25ClF3N7O2. The minimum atomic E-state index is -2.99. The molecule has 43 heavy (non-hydrogen) atoms. The fourth-order valence-electron chi connectivity index (χ4n) is 6.21. The summed E-state index contributed by atoms with van der Waals surface area (Å²) in [6.45, 7) is 2.73. The third-order valence-corrected chi connectivity index (χ3v) is 8.82. The van der Waals surface area contributed by atoms with E-state index in [2.05, 4.69) is 20.4 Å². The number of amides is 2. The lowest BCUT2D eigenvalue weighted by molar-refractivity contribution is -0.118. The Kier molecular flexibility index (Phi) is 6.68. The molecule has 2 fully saturated rings. The predicted molar refractivity (Wildman–Crippen MR) is 152 cm³/mol. The van der Waals surface area contributed by atoms with Crippen molar-refractivity contribution >= 4 is 34.9 Å². The first-order valence-electron chi connectivity index (χ1n) is 14.0. The highest BCUT2D eigenvalue weighted by Crippen LogP contribution is 2.48. The predicted octanol–water partition coefficient (Wildman–Crippen LogP) is 5.80. The Labute approximate surface area is 249 Å². The molecule has 1 unspecified atom stereocenters. The van der Waals surface area contributed by atoms with Crippen LogP contribution < -0.4 is 10.2 Å². The molecule has 2 aliphatic carbocycles. The van der Waals surface area contributed by atoms with Gasteiger partial charge in [-0.2, -0.15) is 5.10 Å². The number of carbonyl (C=O) groups is 2. The lowest BCUT2D eigenvalue weighted by Gasteiger charge is -2.23. The van der Waals surface area contributed by atoms with E-state index in [1.807, 2.05) is 18.0 Å². The van der Waals surface area contributed by atoms with Crippen molar-refractivity contribution in [3.8, 4) is 11.3 Å². The van der Waals surface area contributed by atoms with Gasteiger partial charge in [-0.1, -0.05) is 17.7 Å².